The second kappa shape index (κ2) is 7.29. The van der Waals surface area contributed by atoms with Crippen LogP contribution in [0, 0.1) is 12.8 Å². The number of nitrogens with one attached hydrogen (secondary N) is 1. The molecule has 0 radical (unpaired) electrons. The van der Waals surface area contributed by atoms with Crippen molar-refractivity contribution in [3.8, 4) is 0 Å². The van der Waals surface area contributed by atoms with Gasteiger partial charge in [-0.05, 0) is 24.5 Å². The molecule has 4 nitrogen and oxygen atoms in total. The third kappa shape index (κ3) is 3.97. The van der Waals surface area contributed by atoms with Crippen molar-refractivity contribution in [1.82, 2.24) is 10.2 Å². The topological polar surface area (TPSA) is 36.9 Å². The number of guanidine groups is 1. The van der Waals surface area contributed by atoms with Crippen LogP contribution in [0.25, 0.3) is 0 Å². The zero-order valence-corrected chi connectivity index (χ0v) is 12.7. The number of rotatable bonds is 4. The van der Waals surface area contributed by atoms with Gasteiger partial charge in [0.2, 0.25) is 0 Å². The minimum atomic E-state index is 0.610. The Bertz CT molecular complexity index is 453. The SMILES string of the molecule is CN=C(NCC1CCOC1)N(C)Cc1ccccc1C. The van der Waals surface area contributed by atoms with Crippen molar-refractivity contribution in [2.45, 2.75) is 19.9 Å². The summed E-state index contributed by atoms with van der Waals surface area (Å²) in [4.78, 5) is 6.53. The summed E-state index contributed by atoms with van der Waals surface area (Å²) < 4.78 is 5.40. The normalized spacial score (nSPS) is 19.1. The molecule has 1 N–H and O–H groups in total. The Morgan fingerprint density at radius 2 is 2.25 bits per heavy atom. The van der Waals surface area contributed by atoms with E-state index in [1.807, 2.05) is 7.05 Å². The first-order chi connectivity index (χ1) is 9.70. The first-order valence-electron chi connectivity index (χ1n) is 7.24. The number of benzene rings is 1. The Morgan fingerprint density at radius 3 is 2.90 bits per heavy atom. The average Bonchev–Trinajstić information content (AvgIpc) is 2.95. The van der Waals surface area contributed by atoms with Crippen molar-refractivity contribution < 1.29 is 4.74 Å². The lowest BCUT2D eigenvalue weighted by Gasteiger charge is -2.24. The van der Waals surface area contributed by atoms with Crippen LogP contribution in [0.3, 0.4) is 0 Å². The lowest BCUT2D eigenvalue weighted by molar-refractivity contribution is 0.186. The fraction of sp³-hybridized carbons (Fsp3) is 0.562. The summed E-state index contributed by atoms with van der Waals surface area (Å²) >= 11 is 0. The number of aryl methyl sites for hydroxylation is 1. The monoisotopic (exact) mass is 275 g/mol. The van der Waals surface area contributed by atoms with E-state index in [1.54, 1.807) is 0 Å². The molecule has 110 valence electrons. The summed E-state index contributed by atoms with van der Waals surface area (Å²) in [5, 5.41) is 3.45. The van der Waals surface area contributed by atoms with E-state index in [-0.39, 0.29) is 0 Å². The van der Waals surface area contributed by atoms with E-state index >= 15 is 0 Å². The van der Waals surface area contributed by atoms with Crippen molar-refractivity contribution in [2.24, 2.45) is 10.9 Å². The Morgan fingerprint density at radius 1 is 1.45 bits per heavy atom. The molecule has 1 aliphatic heterocycles. The molecule has 20 heavy (non-hydrogen) atoms. The number of ether oxygens (including phenoxy) is 1. The number of aliphatic imine (C=N–C) groups is 1. The summed E-state index contributed by atoms with van der Waals surface area (Å²) in [6.45, 7) is 5.71. The molecular weight excluding hydrogens is 250 g/mol. The predicted molar refractivity (Wildman–Crippen MR) is 82.9 cm³/mol. The van der Waals surface area contributed by atoms with Gasteiger partial charge in [0.25, 0.3) is 0 Å². The van der Waals surface area contributed by atoms with E-state index in [0.29, 0.717) is 5.92 Å². The van der Waals surface area contributed by atoms with E-state index in [1.165, 1.54) is 11.1 Å². The van der Waals surface area contributed by atoms with Gasteiger partial charge in [-0.2, -0.15) is 0 Å². The van der Waals surface area contributed by atoms with Gasteiger partial charge >= 0.3 is 0 Å². The molecule has 0 spiro atoms. The lowest BCUT2D eigenvalue weighted by atomic mass is 10.1. The highest BCUT2D eigenvalue weighted by Gasteiger charge is 2.16. The van der Waals surface area contributed by atoms with Crippen LogP contribution < -0.4 is 5.32 Å². The number of hydrogen-bond donors (Lipinski definition) is 1. The smallest absolute Gasteiger partial charge is 0.193 e. The van der Waals surface area contributed by atoms with Crippen LogP contribution in [0.15, 0.2) is 29.3 Å². The first-order valence-corrected chi connectivity index (χ1v) is 7.24. The highest BCUT2D eigenvalue weighted by Crippen LogP contribution is 2.12. The molecule has 0 amide bonds. The maximum atomic E-state index is 5.40. The molecule has 0 saturated carbocycles. The molecule has 1 unspecified atom stereocenters. The third-order valence-electron chi connectivity index (χ3n) is 3.81. The molecule has 0 bridgehead atoms. The van der Waals surface area contributed by atoms with Gasteiger partial charge in [-0.15, -0.1) is 0 Å². The largest absolute Gasteiger partial charge is 0.381 e. The van der Waals surface area contributed by atoms with E-state index < -0.39 is 0 Å². The van der Waals surface area contributed by atoms with Crippen LogP contribution in [0.2, 0.25) is 0 Å². The van der Waals surface area contributed by atoms with Gasteiger partial charge in [0.1, 0.15) is 0 Å². The zero-order valence-electron chi connectivity index (χ0n) is 12.7. The van der Waals surface area contributed by atoms with Crippen molar-refractivity contribution in [2.75, 3.05) is 33.9 Å². The molecule has 1 saturated heterocycles. The number of hydrogen-bond acceptors (Lipinski definition) is 2. The van der Waals surface area contributed by atoms with Crippen molar-refractivity contribution in [3.05, 3.63) is 35.4 Å². The molecule has 1 aromatic carbocycles. The molecule has 1 aromatic rings. The molecule has 2 rings (SSSR count). The fourth-order valence-corrected chi connectivity index (χ4v) is 2.48. The fourth-order valence-electron chi connectivity index (χ4n) is 2.48. The zero-order chi connectivity index (χ0) is 14.4. The van der Waals surface area contributed by atoms with Crippen LogP contribution in [0.5, 0.6) is 0 Å². The van der Waals surface area contributed by atoms with Crippen LogP contribution in [0.1, 0.15) is 17.5 Å². The van der Waals surface area contributed by atoms with E-state index in [9.17, 15) is 0 Å². The molecular formula is C16H25N3O. The summed E-state index contributed by atoms with van der Waals surface area (Å²) in [5.74, 6) is 1.55. The minimum absolute atomic E-state index is 0.610. The molecule has 1 heterocycles. The van der Waals surface area contributed by atoms with Crippen LogP contribution in [0.4, 0.5) is 0 Å². The van der Waals surface area contributed by atoms with E-state index in [4.69, 9.17) is 4.74 Å². The standard InChI is InChI=1S/C16H25N3O/c1-13-6-4-5-7-15(13)11-19(3)16(17-2)18-10-14-8-9-20-12-14/h4-7,14H,8-12H2,1-3H3,(H,17,18). The molecule has 1 aliphatic rings. The van der Waals surface area contributed by atoms with Gasteiger partial charge in [-0.3, -0.25) is 4.99 Å². The Hall–Kier alpha value is -1.55. The van der Waals surface area contributed by atoms with E-state index in [2.05, 4.69) is 53.4 Å². The Balaban J connectivity index is 1.88. The molecule has 4 heteroatoms. The van der Waals surface area contributed by atoms with E-state index in [0.717, 1.165) is 38.7 Å². The minimum Gasteiger partial charge on any atom is -0.381 e. The molecule has 1 atom stereocenters. The second-order valence-electron chi connectivity index (χ2n) is 5.44. The Kier molecular flexibility index (Phi) is 5.41. The molecule has 1 fully saturated rings. The number of nitrogens with zero attached hydrogens (tertiary/aromatic N) is 2. The average molecular weight is 275 g/mol. The van der Waals surface area contributed by atoms with Crippen molar-refractivity contribution in [1.29, 1.82) is 0 Å². The van der Waals surface area contributed by atoms with Crippen LogP contribution in [-0.2, 0) is 11.3 Å². The highest BCUT2D eigenvalue weighted by atomic mass is 16.5. The first kappa shape index (κ1) is 14.9. The lowest BCUT2D eigenvalue weighted by Crippen LogP contribution is -2.40. The molecule has 0 aliphatic carbocycles. The van der Waals surface area contributed by atoms with Crippen molar-refractivity contribution >= 4 is 5.96 Å². The summed E-state index contributed by atoms with van der Waals surface area (Å²) in [5.41, 5.74) is 2.65. The van der Waals surface area contributed by atoms with Crippen LogP contribution in [-0.4, -0.2) is 44.7 Å². The second-order valence-corrected chi connectivity index (χ2v) is 5.44. The van der Waals surface area contributed by atoms with Gasteiger partial charge in [-0.25, -0.2) is 0 Å². The van der Waals surface area contributed by atoms with Gasteiger partial charge < -0.3 is 15.0 Å². The summed E-state index contributed by atoms with van der Waals surface area (Å²) in [6, 6.07) is 8.48. The highest BCUT2D eigenvalue weighted by molar-refractivity contribution is 5.79. The summed E-state index contributed by atoms with van der Waals surface area (Å²) in [6.07, 6.45) is 1.14. The van der Waals surface area contributed by atoms with Gasteiger partial charge in [0.05, 0.1) is 6.61 Å². The molecule has 0 aromatic heterocycles. The maximum absolute atomic E-state index is 5.40. The quantitative estimate of drug-likeness (QED) is 0.675. The van der Waals surface area contributed by atoms with Gasteiger partial charge in [-0.1, -0.05) is 24.3 Å². The van der Waals surface area contributed by atoms with Gasteiger partial charge in [0.15, 0.2) is 5.96 Å². The van der Waals surface area contributed by atoms with Crippen molar-refractivity contribution in [3.63, 3.8) is 0 Å². The van der Waals surface area contributed by atoms with Crippen LogP contribution >= 0.6 is 0 Å². The predicted octanol–water partition coefficient (Wildman–Crippen LogP) is 2.04. The third-order valence-corrected chi connectivity index (χ3v) is 3.81. The maximum Gasteiger partial charge on any atom is 0.193 e. The summed E-state index contributed by atoms with van der Waals surface area (Å²) in [7, 11) is 3.91. The Labute approximate surface area is 121 Å². The van der Waals surface area contributed by atoms with Gasteiger partial charge in [0, 0.05) is 39.7 Å².